The van der Waals surface area contributed by atoms with Crippen LogP contribution in [0.5, 0.6) is 5.75 Å². The molecule has 1 aliphatic rings. The number of phenolic OH excluding ortho intramolecular Hbond substituents is 1. The maximum atomic E-state index is 14.2. The zero-order valence-corrected chi connectivity index (χ0v) is 12.4. The highest BCUT2D eigenvalue weighted by Gasteiger charge is 2.37. The number of amides is 1. The molecular formula is C12H16FN3O4S. The topological polar surface area (TPSA) is 89.9 Å². The van der Waals surface area contributed by atoms with E-state index in [9.17, 15) is 22.7 Å². The number of anilines is 2. The van der Waals surface area contributed by atoms with Crippen molar-refractivity contribution in [3.63, 3.8) is 0 Å². The molecule has 1 saturated heterocycles. The molecule has 21 heavy (non-hydrogen) atoms. The van der Waals surface area contributed by atoms with Gasteiger partial charge in [-0.1, -0.05) is 0 Å². The van der Waals surface area contributed by atoms with Gasteiger partial charge in [0.2, 0.25) is 0 Å². The highest BCUT2D eigenvalue weighted by molar-refractivity contribution is 7.92. The molecule has 0 atom stereocenters. The number of hydrogen-bond donors (Lipinski definition) is 2. The van der Waals surface area contributed by atoms with E-state index >= 15 is 0 Å². The van der Waals surface area contributed by atoms with Crippen molar-refractivity contribution in [3.05, 3.63) is 17.9 Å². The van der Waals surface area contributed by atoms with Crippen LogP contribution in [0.4, 0.5) is 15.8 Å². The Balaban J connectivity index is 2.50. The van der Waals surface area contributed by atoms with Gasteiger partial charge < -0.3 is 10.0 Å². The van der Waals surface area contributed by atoms with E-state index in [4.69, 9.17) is 0 Å². The Kier molecular flexibility index (Phi) is 3.95. The first-order chi connectivity index (χ1) is 9.80. The summed E-state index contributed by atoms with van der Waals surface area (Å²) in [6.45, 7) is 4.41. The van der Waals surface area contributed by atoms with Gasteiger partial charge in [-0.15, -0.1) is 0 Å². The molecule has 116 valence electrons. The summed E-state index contributed by atoms with van der Waals surface area (Å²) in [6, 6.07) is 2.42. The van der Waals surface area contributed by atoms with Crippen molar-refractivity contribution >= 4 is 27.5 Å². The fraction of sp³-hybridized carbons (Fsp3) is 0.417. The Morgan fingerprint density at radius 1 is 1.38 bits per heavy atom. The van der Waals surface area contributed by atoms with E-state index in [2.05, 4.69) is 0 Å². The molecule has 0 spiro atoms. The monoisotopic (exact) mass is 317 g/mol. The van der Waals surface area contributed by atoms with Crippen molar-refractivity contribution in [3.8, 4) is 5.75 Å². The number of nitrogens with one attached hydrogen (secondary N) is 1. The van der Waals surface area contributed by atoms with Crippen molar-refractivity contribution in [2.75, 3.05) is 28.8 Å². The average Bonchev–Trinajstić information content (AvgIpc) is 2.63. The van der Waals surface area contributed by atoms with Gasteiger partial charge in [-0.25, -0.2) is 13.4 Å². The first-order valence-corrected chi connectivity index (χ1v) is 7.85. The summed E-state index contributed by atoms with van der Waals surface area (Å²) < 4.78 is 39.9. The van der Waals surface area contributed by atoms with E-state index in [-0.39, 0.29) is 0 Å². The lowest BCUT2D eigenvalue weighted by atomic mass is 10.2. The zero-order chi connectivity index (χ0) is 15.8. The molecule has 7 nitrogen and oxygen atoms in total. The number of benzene rings is 1. The van der Waals surface area contributed by atoms with Gasteiger partial charge in [0.1, 0.15) is 18.0 Å². The molecule has 1 aliphatic heterocycles. The third kappa shape index (κ3) is 2.73. The molecule has 2 rings (SSSR count). The second-order valence-corrected chi connectivity index (χ2v) is 6.10. The van der Waals surface area contributed by atoms with Gasteiger partial charge in [0.25, 0.3) is 5.91 Å². The molecule has 1 heterocycles. The molecule has 1 aromatic carbocycles. The summed E-state index contributed by atoms with van der Waals surface area (Å²) in [5.74, 6) is -2.21. The van der Waals surface area contributed by atoms with Gasteiger partial charge >= 0.3 is 10.2 Å². The van der Waals surface area contributed by atoms with Crippen LogP contribution >= 0.6 is 0 Å². The Bertz CT molecular complexity index is 650. The summed E-state index contributed by atoms with van der Waals surface area (Å²) in [7, 11) is -4.16. The lowest BCUT2D eigenvalue weighted by molar-refractivity contribution is -0.117. The lowest BCUT2D eigenvalue weighted by Crippen LogP contribution is -2.30. The van der Waals surface area contributed by atoms with Gasteiger partial charge in [0.05, 0.1) is 0 Å². The number of phenols is 1. The SMILES string of the molecule is CCN(CC)c1cc(O)c(N2CC(=O)NS2(=O)=O)c(F)c1. The third-order valence-electron chi connectivity index (χ3n) is 3.23. The fourth-order valence-corrected chi connectivity index (χ4v) is 3.41. The fourth-order valence-electron chi connectivity index (χ4n) is 2.23. The molecule has 0 unspecified atom stereocenters. The van der Waals surface area contributed by atoms with Crippen molar-refractivity contribution in [2.45, 2.75) is 13.8 Å². The molecule has 1 aromatic rings. The van der Waals surface area contributed by atoms with Crippen LogP contribution in [0.1, 0.15) is 13.8 Å². The maximum Gasteiger partial charge on any atom is 0.326 e. The lowest BCUT2D eigenvalue weighted by Gasteiger charge is -2.23. The highest BCUT2D eigenvalue weighted by Crippen LogP contribution is 2.36. The summed E-state index contributed by atoms with van der Waals surface area (Å²) >= 11 is 0. The predicted octanol–water partition coefficient (Wildman–Crippen LogP) is 0.558. The van der Waals surface area contributed by atoms with Crippen LogP contribution in [0.2, 0.25) is 0 Å². The van der Waals surface area contributed by atoms with Crippen LogP contribution in [0.15, 0.2) is 12.1 Å². The Hall–Kier alpha value is -2.03. The molecule has 0 aromatic heterocycles. The quantitative estimate of drug-likeness (QED) is 0.847. The first-order valence-electron chi connectivity index (χ1n) is 6.41. The van der Waals surface area contributed by atoms with Crippen LogP contribution < -0.4 is 13.9 Å². The molecular weight excluding hydrogens is 301 g/mol. The van der Waals surface area contributed by atoms with Crippen molar-refractivity contribution in [2.24, 2.45) is 0 Å². The van der Waals surface area contributed by atoms with Gasteiger partial charge in [0.15, 0.2) is 5.82 Å². The van der Waals surface area contributed by atoms with Crippen LogP contribution in [-0.2, 0) is 15.0 Å². The van der Waals surface area contributed by atoms with E-state index in [0.717, 1.165) is 6.07 Å². The molecule has 0 bridgehead atoms. The molecule has 0 aliphatic carbocycles. The van der Waals surface area contributed by atoms with Crippen LogP contribution in [0.25, 0.3) is 0 Å². The van der Waals surface area contributed by atoms with Gasteiger partial charge in [-0.2, -0.15) is 8.42 Å². The van der Waals surface area contributed by atoms with Crippen molar-refractivity contribution < 1.29 is 22.7 Å². The van der Waals surface area contributed by atoms with Crippen LogP contribution in [-0.4, -0.2) is 39.1 Å². The Morgan fingerprint density at radius 2 is 2.00 bits per heavy atom. The Morgan fingerprint density at radius 3 is 2.43 bits per heavy atom. The van der Waals surface area contributed by atoms with E-state index in [1.165, 1.54) is 6.07 Å². The number of aromatic hydroxyl groups is 1. The van der Waals surface area contributed by atoms with Gasteiger partial charge in [-0.3, -0.25) is 4.79 Å². The van der Waals surface area contributed by atoms with Crippen LogP contribution in [0.3, 0.4) is 0 Å². The van der Waals surface area contributed by atoms with E-state index < -0.39 is 39.9 Å². The zero-order valence-electron chi connectivity index (χ0n) is 11.6. The summed E-state index contributed by atoms with van der Waals surface area (Å²) in [5, 5.41) is 9.98. The number of hydrogen-bond acceptors (Lipinski definition) is 5. The first kappa shape index (κ1) is 15.4. The minimum Gasteiger partial charge on any atom is -0.506 e. The molecule has 1 amide bonds. The predicted molar refractivity (Wildman–Crippen MR) is 76.0 cm³/mol. The molecule has 2 N–H and O–H groups in total. The second-order valence-electron chi connectivity index (χ2n) is 4.50. The number of halogens is 1. The van der Waals surface area contributed by atoms with Gasteiger partial charge in [0, 0.05) is 24.8 Å². The molecule has 9 heteroatoms. The summed E-state index contributed by atoms with van der Waals surface area (Å²) in [4.78, 5) is 13.0. The minimum atomic E-state index is -4.16. The summed E-state index contributed by atoms with van der Waals surface area (Å²) in [6.07, 6.45) is 0. The van der Waals surface area contributed by atoms with E-state index in [1.807, 2.05) is 13.8 Å². The van der Waals surface area contributed by atoms with E-state index in [0.29, 0.717) is 23.1 Å². The summed E-state index contributed by atoms with van der Waals surface area (Å²) in [5.41, 5.74) is -0.0844. The Labute approximate surface area is 122 Å². The van der Waals surface area contributed by atoms with Crippen molar-refractivity contribution in [1.82, 2.24) is 4.72 Å². The maximum absolute atomic E-state index is 14.2. The molecule has 1 fully saturated rings. The minimum absolute atomic E-state index is 0.439. The van der Waals surface area contributed by atoms with E-state index in [1.54, 1.807) is 9.62 Å². The number of carbonyl (C=O) groups is 1. The highest BCUT2D eigenvalue weighted by atomic mass is 32.2. The van der Waals surface area contributed by atoms with Crippen molar-refractivity contribution in [1.29, 1.82) is 0 Å². The number of rotatable bonds is 4. The van der Waals surface area contributed by atoms with Crippen LogP contribution in [0, 0.1) is 5.82 Å². The third-order valence-corrected chi connectivity index (χ3v) is 4.60. The molecule has 0 radical (unpaired) electrons. The largest absolute Gasteiger partial charge is 0.506 e. The standard InChI is InChI=1S/C12H16FN3O4S/c1-3-15(4-2)8-5-9(13)12(10(17)6-8)16-7-11(18)14-21(16,19)20/h5-6,17H,3-4,7H2,1-2H3,(H,14,18). The molecule has 0 saturated carbocycles. The number of carbonyl (C=O) groups excluding carboxylic acids is 1. The second kappa shape index (κ2) is 5.40. The average molecular weight is 317 g/mol. The normalized spacial score (nSPS) is 16.9. The smallest absolute Gasteiger partial charge is 0.326 e. The van der Waals surface area contributed by atoms with Gasteiger partial charge in [-0.05, 0) is 19.9 Å². The number of nitrogens with zero attached hydrogens (tertiary/aromatic N) is 2.